The summed E-state index contributed by atoms with van der Waals surface area (Å²) in [6, 6.07) is 13.2. The predicted molar refractivity (Wildman–Crippen MR) is 184 cm³/mol. The highest BCUT2D eigenvalue weighted by Gasteiger charge is 2.38. The summed E-state index contributed by atoms with van der Waals surface area (Å²) in [6.07, 6.45) is 2.19. The van der Waals surface area contributed by atoms with Crippen LogP contribution in [-0.2, 0) is 34.2 Å². The molecule has 4 N–H and O–H groups in total. The number of carboxylic acids is 2. The van der Waals surface area contributed by atoms with Crippen LogP contribution >= 0.6 is 23.2 Å². The molecule has 0 bridgehead atoms. The van der Waals surface area contributed by atoms with Gasteiger partial charge in [0.25, 0.3) is 0 Å². The summed E-state index contributed by atoms with van der Waals surface area (Å²) in [4.78, 5) is 70.8. The number of amides is 4. The largest absolute Gasteiger partial charge is 0.480 e. The van der Waals surface area contributed by atoms with Crippen molar-refractivity contribution in [2.45, 2.75) is 82.8 Å². The first-order valence-corrected chi connectivity index (χ1v) is 16.5. The standard InChI is InChI=1S/C18H20ClN3O3.C11H10ClNO3.C5H7NO3/c1-18(2,3)14-10-15(21-25-14)20-17(24)13-8-9-16(23)22(13)12-6-4-11(19)5-7-12;12-7-1-3-8(4-2-7)13-9(11(15)16)5-6-10(13)14;7-4-2-1-3(6-4)5(8)9/h4-7,10,13H,8-9H2,1-3H3,(H,20,21,24);1-4,9H,5-6H2,(H,15,16);3H,1-2H2,(H,6,7)(H,8,9)/t13-;9-;3-/m000/s1. The van der Waals surface area contributed by atoms with Crippen molar-refractivity contribution in [3.63, 3.8) is 0 Å². The molecule has 3 saturated heterocycles. The minimum atomic E-state index is -0.971. The van der Waals surface area contributed by atoms with Crippen molar-refractivity contribution in [1.82, 2.24) is 10.5 Å². The average Bonchev–Trinajstić information content (AvgIpc) is 3.86. The van der Waals surface area contributed by atoms with Gasteiger partial charge in [0.2, 0.25) is 23.6 Å². The molecule has 0 saturated carbocycles. The Morgan fingerprint density at radius 3 is 1.70 bits per heavy atom. The molecule has 0 radical (unpaired) electrons. The lowest BCUT2D eigenvalue weighted by atomic mass is 9.93. The molecule has 1 aromatic heterocycles. The number of nitrogens with one attached hydrogen (secondary N) is 2. The number of nitrogens with zero attached hydrogens (tertiary/aromatic N) is 3. The van der Waals surface area contributed by atoms with Crippen molar-refractivity contribution in [3.05, 3.63) is 70.4 Å². The Bertz CT molecular complexity index is 1740. The number of rotatable bonds is 6. The minimum absolute atomic E-state index is 0.0852. The Kier molecular flexibility index (Phi) is 12.2. The van der Waals surface area contributed by atoms with Gasteiger partial charge in [-0.15, -0.1) is 0 Å². The Labute approximate surface area is 297 Å². The van der Waals surface area contributed by atoms with Crippen LogP contribution in [0.5, 0.6) is 0 Å². The van der Waals surface area contributed by atoms with Gasteiger partial charge < -0.3 is 25.4 Å². The van der Waals surface area contributed by atoms with E-state index in [9.17, 15) is 28.8 Å². The third-order valence-corrected chi connectivity index (χ3v) is 8.52. The van der Waals surface area contributed by atoms with E-state index in [-0.39, 0.29) is 35.5 Å². The molecule has 6 rings (SSSR count). The fraction of sp³-hybridized carbons (Fsp3) is 0.382. The summed E-state index contributed by atoms with van der Waals surface area (Å²) in [5, 5.41) is 27.4. The zero-order chi connectivity index (χ0) is 36.7. The van der Waals surface area contributed by atoms with Crippen molar-refractivity contribution in [2.24, 2.45) is 0 Å². The molecule has 0 spiro atoms. The maximum Gasteiger partial charge on any atom is 0.326 e. The average molecular weight is 731 g/mol. The van der Waals surface area contributed by atoms with Gasteiger partial charge in [-0.2, -0.15) is 0 Å². The number of carbonyl (C=O) groups is 6. The minimum Gasteiger partial charge on any atom is -0.480 e. The number of aromatic nitrogens is 1. The second-order valence-electron chi connectivity index (χ2n) is 12.7. The van der Waals surface area contributed by atoms with Gasteiger partial charge in [0.05, 0.1) is 0 Å². The van der Waals surface area contributed by atoms with E-state index in [0.717, 1.165) is 0 Å². The number of benzene rings is 2. The van der Waals surface area contributed by atoms with E-state index in [0.29, 0.717) is 65.1 Å². The molecule has 4 amide bonds. The number of anilines is 3. The smallest absolute Gasteiger partial charge is 0.326 e. The van der Waals surface area contributed by atoms with Crippen molar-refractivity contribution >= 4 is 76.0 Å². The highest BCUT2D eigenvalue weighted by Crippen LogP contribution is 2.30. The number of carbonyl (C=O) groups excluding carboxylic acids is 4. The van der Waals surface area contributed by atoms with Crippen molar-refractivity contribution < 1.29 is 43.5 Å². The van der Waals surface area contributed by atoms with Crippen molar-refractivity contribution in [1.29, 1.82) is 0 Å². The van der Waals surface area contributed by atoms with Gasteiger partial charge in [-0.25, -0.2) is 9.59 Å². The Balaban J connectivity index is 0.000000191. The molecule has 0 aliphatic carbocycles. The second kappa shape index (κ2) is 16.2. The molecule has 3 aromatic rings. The van der Waals surface area contributed by atoms with Crippen LogP contribution in [0.2, 0.25) is 10.0 Å². The molecule has 50 heavy (non-hydrogen) atoms. The molecule has 3 fully saturated rings. The highest BCUT2D eigenvalue weighted by atomic mass is 35.5. The fourth-order valence-electron chi connectivity index (χ4n) is 5.40. The van der Waals surface area contributed by atoms with Gasteiger partial charge in [0, 0.05) is 52.2 Å². The monoisotopic (exact) mass is 729 g/mol. The van der Waals surface area contributed by atoms with Crippen LogP contribution in [0.1, 0.15) is 65.1 Å². The molecular weight excluding hydrogens is 693 g/mol. The van der Waals surface area contributed by atoms with Crippen LogP contribution in [0.25, 0.3) is 0 Å². The van der Waals surface area contributed by atoms with Gasteiger partial charge >= 0.3 is 11.9 Å². The molecule has 3 atom stereocenters. The molecule has 14 nitrogen and oxygen atoms in total. The zero-order valence-electron chi connectivity index (χ0n) is 27.5. The lowest BCUT2D eigenvalue weighted by Crippen LogP contribution is -2.41. The normalized spacial score (nSPS) is 20.0. The third-order valence-electron chi connectivity index (χ3n) is 8.02. The molecule has 266 valence electrons. The molecule has 3 aliphatic rings. The van der Waals surface area contributed by atoms with E-state index in [1.807, 2.05) is 20.8 Å². The third kappa shape index (κ3) is 9.60. The molecule has 16 heteroatoms. The van der Waals surface area contributed by atoms with E-state index >= 15 is 0 Å². The van der Waals surface area contributed by atoms with Crippen molar-refractivity contribution in [2.75, 3.05) is 15.1 Å². The van der Waals surface area contributed by atoms with E-state index in [1.54, 1.807) is 54.6 Å². The van der Waals surface area contributed by atoms with Crippen LogP contribution in [0.15, 0.2) is 59.1 Å². The van der Waals surface area contributed by atoms with Crippen LogP contribution in [0, 0.1) is 0 Å². The maximum atomic E-state index is 12.7. The first-order chi connectivity index (χ1) is 23.5. The highest BCUT2D eigenvalue weighted by molar-refractivity contribution is 6.31. The van der Waals surface area contributed by atoms with E-state index in [1.165, 1.54) is 9.80 Å². The van der Waals surface area contributed by atoms with E-state index < -0.39 is 30.1 Å². The second-order valence-corrected chi connectivity index (χ2v) is 13.6. The van der Waals surface area contributed by atoms with Crippen LogP contribution in [0.3, 0.4) is 0 Å². The van der Waals surface area contributed by atoms with E-state index in [4.69, 9.17) is 37.9 Å². The summed E-state index contributed by atoms with van der Waals surface area (Å²) in [5.74, 6) is -1.57. The van der Waals surface area contributed by atoms with Gasteiger partial charge in [-0.05, 0) is 67.8 Å². The SMILES string of the molecule is CC(C)(C)c1cc(NC(=O)[C@@H]2CCC(=O)N2c2ccc(Cl)cc2)no1.O=C(O)[C@@H]1CCC(=O)N1c1ccc(Cl)cc1.O=C1CC[C@@H](C(=O)O)N1. The Morgan fingerprint density at radius 1 is 0.800 bits per heavy atom. The molecule has 3 aliphatic heterocycles. The number of hydrogen-bond donors (Lipinski definition) is 4. The zero-order valence-corrected chi connectivity index (χ0v) is 29.0. The molecule has 4 heterocycles. The fourth-order valence-corrected chi connectivity index (χ4v) is 5.65. The Hall–Kier alpha value is -4.95. The van der Waals surface area contributed by atoms with Crippen LogP contribution in [0.4, 0.5) is 17.2 Å². The number of hydrogen-bond acceptors (Lipinski definition) is 8. The first kappa shape index (κ1) is 37.9. The lowest BCUT2D eigenvalue weighted by molar-refractivity contribution is -0.140. The van der Waals surface area contributed by atoms with E-state index in [2.05, 4.69) is 15.8 Å². The quantitative estimate of drug-likeness (QED) is 0.267. The number of halogens is 2. The van der Waals surface area contributed by atoms with Gasteiger partial charge in [0.15, 0.2) is 5.82 Å². The van der Waals surface area contributed by atoms with Gasteiger partial charge in [-0.3, -0.25) is 29.0 Å². The van der Waals surface area contributed by atoms with Crippen LogP contribution < -0.4 is 20.4 Å². The molecule has 0 unspecified atom stereocenters. The maximum absolute atomic E-state index is 12.7. The lowest BCUT2D eigenvalue weighted by Gasteiger charge is -2.23. The summed E-state index contributed by atoms with van der Waals surface area (Å²) in [7, 11) is 0. The van der Waals surface area contributed by atoms with Gasteiger partial charge in [0.1, 0.15) is 23.9 Å². The summed E-state index contributed by atoms with van der Waals surface area (Å²) >= 11 is 11.6. The molecular formula is C34H37Cl2N5O9. The number of carboxylic acid groups (broad SMARTS) is 2. The van der Waals surface area contributed by atoms with Crippen molar-refractivity contribution in [3.8, 4) is 0 Å². The summed E-state index contributed by atoms with van der Waals surface area (Å²) in [5.41, 5.74) is 1.04. The Morgan fingerprint density at radius 2 is 1.30 bits per heavy atom. The predicted octanol–water partition coefficient (Wildman–Crippen LogP) is 5.03. The van der Waals surface area contributed by atoms with Gasteiger partial charge in [-0.1, -0.05) is 49.1 Å². The summed E-state index contributed by atoms with van der Waals surface area (Å²) in [6.45, 7) is 5.99. The summed E-state index contributed by atoms with van der Waals surface area (Å²) < 4.78 is 5.28. The molecule has 2 aromatic carbocycles. The van der Waals surface area contributed by atoms with Crippen LogP contribution in [-0.4, -0.2) is 69.1 Å². The topological polar surface area (TPSA) is 199 Å². The number of aliphatic carboxylic acids is 2. The first-order valence-electron chi connectivity index (χ1n) is 15.7.